The molecule has 20 heavy (non-hydrogen) atoms. The number of anilines is 1. The number of nitrogens with two attached hydrogens (primary N) is 1. The van der Waals surface area contributed by atoms with Crippen LogP contribution >= 0.6 is 0 Å². The number of fused-ring (bicyclic) bond motifs is 1. The first kappa shape index (κ1) is 14.3. The lowest BCUT2D eigenvalue weighted by molar-refractivity contribution is -0.117. The van der Waals surface area contributed by atoms with E-state index >= 15 is 0 Å². The Morgan fingerprint density at radius 2 is 2.20 bits per heavy atom. The number of para-hydroxylation sites is 1. The van der Waals surface area contributed by atoms with Crippen LogP contribution in [0.1, 0.15) is 30.8 Å². The van der Waals surface area contributed by atoms with Gasteiger partial charge in [-0.25, -0.2) is 0 Å². The van der Waals surface area contributed by atoms with Gasteiger partial charge in [0.1, 0.15) is 0 Å². The Labute approximate surface area is 117 Å². The summed E-state index contributed by atoms with van der Waals surface area (Å²) in [6, 6.07) is 6.70. The van der Waals surface area contributed by atoms with Crippen molar-refractivity contribution >= 4 is 28.8 Å². The molecule has 4 N–H and O–H groups in total. The number of amides is 1. The highest BCUT2D eigenvalue weighted by Gasteiger charge is 2.16. The van der Waals surface area contributed by atoms with Crippen LogP contribution in [-0.2, 0) is 4.79 Å². The van der Waals surface area contributed by atoms with Crippen molar-refractivity contribution in [1.29, 1.82) is 0 Å². The summed E-state index contributed by atoms with van der Waals surface area (Å²) in [6.45, 7) is 4.05. The summed E-state index contributed by atoms with van der Waals surface area (Å²) in [5.74, 6) is 0.146. The van der Waals surface area contributed by atoms with Crippen LogP contribution in [0, 0.1) is 5.92 Å². The molecule has 0 bridgehead atoms. The van der Waals surface area contributed by atoms with Gasteiger partial charge < -0.3 is 16.0 Å². The van der Waals surface area contributed by atoms with Gasteiger partial charge in [0, 0.05) is 5.39 Å². The highest BCUT2D eigenvalue weighted by atomic mass is 16.2. The lowest BCUT2D eigenvalue weighted by atomic mass is 10.0. The zero-order valence-electron chi connectivity index (χ0n) is 11.6. The average Bonchev–Trinajstić information content (AvgIpc) is 2.82. The third kappa shape index (κ3) is 3.05. The molecule has 1 aromatic carbocycles. The largest absolute Gasteiger partial charge is 0.351 e. The van der Waals surface area contributed by atoms with Crippen molar-refractivity contribution in [3.8, 4) is 0 Å². The molecule has 2 aromatic rings. The van der Waals surface area contributed by atoms with E-state index in [2.05, 4.69) is 10.3 Å². The minimum Gasteiger partial charge on any atom is -0.351 e. The van der Waals surface area contributed by atoms with Gasteiger partial charge in [0.15, 0.2) is 6.29 Å². The molecule has 5 heteroatoms. The molecule has 0 aliphatic heterocycles. The first-order valence-corrected chi connectivity index (χ1v) is 6.64. The van der Waals surface area contributed by atoms with Crippen molar-refractivity contribution < 1.29 is 9.59 Å². The van der Waals surface area contributed by atoms with Gasteiger partial charge in [-0.1, -0.05) is 26.0 Å². The zero-order valence-corrected chi connectivity index (χ0v) is 11.6. The molecule has 1 heterocycles. The number of aromatic amines is 1. The van der Waals surface area contributed by atoms with Crippen LogP contribution in [0.25, 0.3) is 10.9 Å². The molecule has 0 fully saturated rings. The number of aldehydes is 1. The standard InChI is InChI=1S/C15H19N3O2/c1-9(2)6-12(16)15(20)18-13-5-3-4-10-7-11(8-19)17-14(10)13/h3-5,7-9,12,17H,6,16H2,1-2H3,(H,18,20)/t12-/m0/s1. The summed E-state index contributed by atoms with van der Waals surface area (Å²) in [5.41, 5.74) is 7.72. The molecule has 0 saturated heterocycles. The molecule has 106 valence electrons. The van der Waals surface area contributed by atoms with E-state index in [0.717, 1.165) is 17.2 Å². The van der Waals surface area contributed by atoms with Gasteiger partial charge in [-0.2, -0.15) is 0 Å². The molecule has 1 atom stereocenters. The summed E-state index contributed by atoms with van der Waals surface area (Å²) >= 11 is 0. The van der Waals surface area contributed by atoms with E-state index in [4.69, 9.17) is 5.73 Å². The summed E-state index contributed by atoms with van der Waals surface area (Å²) in [6.07, 6.45) is 1.38. The summed E-state index contributed by atoms with van der Waals surface area (Å²) in [4.78, 5) is 25.8. The lowest BCUT2D eigenvalue weighted by Gasteiger charge is -2.14. The number of benzene rings is 1. The Bertz CT molecular complexity index is 631. The van der Waals surface area contributed by atoms with Crippen molar-refractivity contribution in [2.75, 3.05) is 5.32 Å². The van der Waals surface area contributed by atoms with E-state index < -0.39 is 6.04 Å². The third-order valence-electron chi connectivity index (χ3n) is 3.12. The number of H-pyrrole nitrogens is 1. The number of hydrogen-bond donors (Lipinski definition) is 3. The molecule has 0 aliphatic carbocycles. The minimum atomic E-state index is -0.536. The molecule has 0 saturated carbocycles. The molecule has 1 aromatic heterocycles. The van der Waals surface area contributed by atoms with Crippen LogP contribution < -0.4 is 11.1 Å². The van der Waals surface area contributed by atoms with Crippen LogP contribution in [0.2, 0.25) is 0 Å². The first-order valence-electron chi connectivity index (χ1n) is 6.64. The average molecular weight is 273 g/mol. The van der Waals surface area contributed by atoms with Crippen molar-refractivity contribution in [2.24, 2.45) is 11.7 Å². The Morgan fingerprint density at radius 3 is 2.85 bits per heavy atom. The molecule has 0 unspecified atom stereocenters. The Balaban J connectivity index is 2.23. The van der Waals surface area contributed by atoms with Gasteiger partial charge in [-0.05, 0) is 24.5 Å². The van der Waals surface area contributed by atoms with E-state index in [-0.39, 0.29) is 5.91 Å². The van der Waals surface area contributed by atoms with Crippen molar-refractivity contribution in [1.82, 2.24) is 4.98 Å². The molecule has 1 amide bonds. The smallest absolute Gasteiger partial charge is 0.241 e. The van der Waals surface area contributed by atoms with Gasteiger partial charge in [0.2, 0.25) is 5.91 Å². The monoisotopic (exact) mass is 273 g/mol. The molecular weight excluding hydrogens is 254 g/mol. The van der Waals surface area contributed by atoms with Crippen molar-refractivity contribution in [3.05, 3.63) is 30.0 Å². The number of hydrogen-bond acceptors (Lipinski definition) is 3. The number of carbonyl (C=O) groups excluding carboxylic acids is 2. The van der Waals surface area contributed by atoms with E-state index in [1.54, 1.807) is 12.1 Å². The maximum Gasteiger partial charge on any atom is 0.241 e. The molecule has 5 nitrogen and oxygen atoms in total. The Hall–Kier alpha value is -2.14. The van der Waals surface area contributed by atoms with E-state index in [9.17, 15) is 9.59 Å². The molecular formula is C15H19N3O2. The molecule has 0 radical (unpaired) electrons. The van der Waals surface area contributed by atoms with Crippen LogP contribution in [0.15, 0.2) is 24.3 Å². The second-order valence-corrected chi connectivity index (χ2v) is 5.34. The van der Waals surface area contributed by atoms with Crippen LogP contribution in [0.4, 0.5) is 5.69 Å². The maximum absolute atomic E-state index is 12.0. The summed E-state index contributed by atoms with van der Waals surface area (Å²) < 4.78 is 0. The van der Waals surface area contributed by atoms with E-state index in [1.165, 1.54) is 0 Å². The molecule has 0 spiro atoms. The van der Waals surface area contributed by atoms with Gasteiger partial charge >= 0.3 is 0 Å². The van der Waals surface area contributed by atoms with Crippen LogP contribution in [-0.4, -0.2) is 23.2 Å². The Morgan fingerprint density at radius 1 is 1.45 bits per heavy atom. The molecule has 2 rings (SSSR count). The quantitative estimate of drug-likeness (QED) is 0.730. The zero-order chi connectivity index (χ0) is 14.7. The van der Waals surface area contributed by atoms with Gasteiger partial charge in [-0.3, -0.25) is 9.59 Å². The normalized spacial score (nSPS) is 12.6. The first-order chi connectivity index (χ1) is 9.51. The highest BCUT2D eigenvalue weighted by Crippen LogP contribution is 2.23. The number of nitrogens with one attached hydrogen (secondary N) is 2. The van der Waals surface area contributed by atoms with Crippen LogP contribution in [0.3, 0.4) is 0 Å². The minimum absolute atomic E-state index is 0.214. The second-order valence-electron chi connectivity index (χ2n) is 5.34. The third-order valence-corrected chi connectivity index (χ3v) is 3.12. The van der Waals surface area contributed by atoms with Crippen molar-refractivity contribution in [3.63, 3.8) is 0 Å². The fraction of sp³-hybridized carbons (Fsp3) is 0.333. The predicted molar refractivity (Wildman–Crippen MR) is 79.7 cm³/mol. The number of aromatic nitrogens is 1. The SMILES string of the molecule is CC(C)C[C@H](N)C(=O)Nc1cccc2cc(C=O)[nH]c12. The Kier molecular flexibility index (Phi) is 4.20. The van der Waals surface area contributed by atoms with Gasteiger partial charge in [0.25, 0.3) is 0 Å². The highest BCUT2D eigenvalue weighted by molar-refractivity contribution is 6.03. The fourth-order valence-electron chi connectivity index (χ4n) is 2.19. The van der Waals surface area contributed by atoms with Crippen molar-refractivity contribution in [2.45, 2.75) is 26.3 Å². The summed E-state index contributed by atoms with van der Waals surface area (Å²) in [7, 11) is 0. The maximum atomic E-state index is 12.0. The predicted octanol–water partition coefficient (Wildman–Crippen LogP) is 2.29. The van der Waals surface area contributed by atoms with Crippen LogP contribution in [0.5, 0.6) is 0 Å². The topological polar surface area (TPSA) is 88.0 Å². The summed E-state index contributed by atoms with van der Waals surface area (Å²) in [5, 5.41) is 3.69. The lowest BCUT2D eigenvalue weighted by Crippen LogP contribution is -2.36. The van der Waals surface area contributed by atoms with E-state index in [0.29, 0.717) is 23.7 Å². The van der Waals surface area contributed by atoms with Gasteiger partial charge in [-0.15, -0.1) is 0 Å². The number of rotatable bonds is 5. The second kappa shape index (κ2) is 5.88. The molecule has 0 aliphatic rings. The van der Waals surface area contributed by atoms with Gasteiger partial charge in [0.05, 0.1) is 22.9 Å². The fourth-order valence-corrected chi connectivity index (χ4v) is 2.19. The number of carbonyl (C=O) groups is 2. The van der Waals surface area contributed by atoms with E-state index in [1.807, 2.05) is 26.0 Å².